The predicted molar refractivity (Wildman–Crippen MR) is 41.7 cm³/mol. The van der Waals surface area contributed by atoms with Gasteiger partial charge in [0.1, 0.15) is 0 Å². The number of methoxy groups -OCH3 is 2. The molecule has 0 aromatic carbocycles. The average molecular weight is 181 g/mol. The number of rotatable bonds is 2. The molecule has 0 bridgehead atoms. The van der Waals surface area contributed by atoms with E-state index in [0.29, 0.717) is 17.5 Å². The van der Waals surface area contributed by atoms with Crippen molar-refractivity contribution in [2.24, 2.45) is 0 Å². The molecule has 0 aliphatic carbocycles. The lowest BCUT2D eigenvalue weighted by Gasteiger charge is -2.02. The van der Waals surface area contributed by atoms with Crippen LogP contribution in [0.3, 0.4) is 0 Å². The zero-order chi connectivity index (χ0) is 9.26. The van der Waals surface area contributed by atoms with Crippen molar-refractivity contribution in [1.29, 1.82) is 0 Å². The summed E-state index contributed by atoms with van der Waals surface area (Å²) in [7, 11) is 3.00. The first-order chi connectivity index (χ1) is 6.35. The summed E-state index contributed by atoms with van der Waals surface area (Å²) in [5.74, 6) is 0.416. The minimum atomic E-state index is 0.291. The lowest BCUT2D eigenvalue weighted by Crippen LogP contribution is -2.00. The highest BCUT2D eigenvalue weighted by Gasteiger charge is 2.08. The van der Waals surface area contributed by atoms with Crippen LogP contribution in [0.1, 0.15) is 0 Å². The molecule has 0 aliphatic rings. The molecule has 2 rings (SSSR count). The molecule has 0 atom stereocenters. The molecular formula is C6H7N5O2. The van der Waals surface area contributed by atoms with E-state index in [9.17, 15) is 0 Å². The van der Waals surface area contributed by atoms with E-state index < -0.39 is 0 Å². The molecule has 0 spiro atoms. The van der Waals surface area contributed by atoms with Crippen LogP contribution in [0.4, 0.5) is 0 Å². The summed E-state index contributed by atoms with van der Waals surface area (Å²) in [6, 6.07) is 1.90. The molecule has 0 aliphatic heterocycles. The second-order valence-electron chi connectivity index (χ2n) is 2.23. The van der Waals surface area contributed by atoms with Gasteiger partial charge < -0.3 is 9.47 Å². The van der Waals surface area contributed by atoms with Crippen LogP contribution >= 0.6 is 0 Å². The topological polar surface area (TPSA) is 74.4 Å². The van der Waals surface area contributed by atoms with Gasteiger partial charge in [0.2, 0.25) is 5.88 Å². The molecule has 0 amide bonds. The van der Waals surface area contributed by atoms with Crippen LogP contribution in [-0.4, -0.2) is 39.2 Å². The van der Waals surface area contributed by atoms with E-state index in [1.54, 1.807) is 6.07 Å². The quantitative estimate of drug-likeness (QED) is 0.623. The molecule has 0 N–H and O–H groups in total. The van der Waals surface area contributed by atoms with Crippen LogP contribution in [-0.2, 0) is 0 Å². The number of hydrogen-bond acceptors (Lipinski definition) is 6. The van der Waals surface area contributed by atoms with E-state index in [2.05, 4.69) is 20.5 Å². The van der Waals surface area contributed by atoms with Gasteiger partial charge in [0.05, 0.1) is 14.2 Å². The van der Waals surface area contributed by atoms with Gasteiger partial charge >= 0.3 is 6.01 Å². The molecule has 0 radical (unpaired) electrons. The zero-order valence-electron chi connectivity index (χ0n) is 7.13. The zero-order valence-corrected chi connectivity index (χ0v) is 7.13. The third kappa shape index (κ3) is 1.13. The van der Waals surface area contributed by atoms with Crippen LogP contribution in [0.25, 0.3) is 5.65 Å². The largest absolute Gasteiger partial charge is 0.481 e. The van der Waals surface area contributed by atoms with Gasteiger partial charge in [-0.2, -0.15) is 4.98 Å². The Morgan fingerprint density at radius 2 is 2.15 bits per heavy atom. The van der Waals surface area contributed by atoms with Crippen molar-refractivity contribution in [2.45, 2.75) is 0 Å². The first-order valence-electron chi connectivity index (χ1n) is 3.52. The number of fused-ring (bicyclic) bond motifs is 1. The molecule has 0 saturated carbocycles. The van der Waals surface area contributed by atoms with Crippen LogP contribution in [0.2, 0.25) is 0 Å². The Labute approximate surface area is 73.3 Å². The summed E-state index contributed by atoms with van der Waals surface area (Å²) < 4.78 is 11.3. The first kappa shape index (κ1) is 7.71. The number of hydrogen-bond donors (Lipinski definition) is 0. The van der Waals surface area contributed by atoms with Gasteiger partial charge in [0.15, 0.2) is 5.65 Å². The first-order valence-corrected chi connectivity index (χ1v) is 3.52. The van der Waals surface area contributed by atoms with Crippen molar-refractivity contribution in [2.75, 3.05) is 14.2 Å². The molecule has 0 fully saturated rings. The summed E-state index contributed by atoms with van der Waals surface area (Å²) in [6.07, 6.45) is 0. The molecular weight excluding hydrogens is 174 g/mol. The maximum atomic E-state index is 4.96. The van der Waals surface area contributed by atoms with Crippen molar-refractivity contribution in [3.63, 3.8) is 0 Å². The van der Waals surface area contributed by atoms with E-state index in [4.69, 9.17) is 9.47 Å². The minimum Gasteiger partial charge on any atom is -0.481 e. The molecule has 7 heteroatoms. The maximum Gasteiger partial charge on any atom is 0.324 e. The van der Waals surface area contributed by atoms with E-state index >= 15 is 0 Å². The Morgan fingerprint density at radius 3 is 2.85 bits per heavy atom. The highest BCUT2D eigenvalue weighted by Crippen LogP contribution is 2.14. The van der Waals surface area contributed by atoms with Gasteiger partial charge in [-0.15, -0.1) is 9.61 Å². The van der Waals surface area contributed by atoms with Crippen molar-refractivity contribution in [3.8, 4) is 11.9 Å². The van der Waals surface area contributed by atoms with E-state index in [0.717, 1.165) is 0 Å². The Balaban J connectivity index is 2.70. The van der Waals surface area contributed by atoms with E-state index in [1.807, 2.05) is 0 Å². The number of aromatic nitrogens is 5. The Hall–Kier alpha value is -1.92. The summed E-state index contributed by atoms with van der Waals surface area (Å²) in [5, 5.41) is 10.9. The third-order valence-electron chi connectivity index (χ3n) is 1.52. The van der Waals surface area contributed by atoms with Crippen LogP contribution in [0.5, 0.6) is 11.9 Å². The van der Waals surface area contributed by atoms with Gasteiger partial charge in [0.25, 0.3) is 0 Å². The standard InChI is InChI=1S/C6H7N5O2/c1-12-5-3-4-8-9-10-11(4)6(7-5)13-2/h3H,1-2H3. The molecule has 0 unspecified atom stereocenters. The Kier molecular flexibility index (Phi) is 1.69. The predicted octanol–water partition coefficient (Wildman–Crippen LogP) is -0.464. The summed E-state index contributed by atoms with van der Waals surface area (Å²) >= 11 is 0. The summed E-state index contributed by atoms with van der Waals surface area (Å²) in [4.78, 5) is 3.99. The average Bonchev–Trinajstić information content (AvgIpc) is 2.63. The highest BCUT2D eigenvalue weighted by atomic mass is 16.5. The minimum absolute atomic E-state index is 0.291. The third-order valence-corrected chi connectivity index (χ3v) is 1.52. The van der Waals surface area contributed by atoms with Crippen molar-refractivity contribution in [1.82, 2.24) is 25.0 Å². The van der Waals surface area contributed by atoms with Gasteiger partial charge in [0, 0.05) is 6.07 Å². The fourth-order valence-electron chi connectivity index (χ4n) is 0.941. The molecule has 68 valence electrons. The SMILES string of the molecule is COc1cc2nnnn2c(OC)n1. The molecule has 7 nitrogen and oxygen atoms in total. The molecule has 2 aromatic heterocycles. The fourth-order valence-corrected chi connectivity index (χ4v) is 0.941. The lowest BCUT2D eigenvalue weighted by atomic mass is 10.6. The lowest BCUT2D eigenvalue weighted by molar-refractivity contribution is 0.342. The number of ether oxygens (including phenoxy) is 2. The van der Waals surface area contributed by atoms with E-state index in [1.165, 1.54) is 18.7 Å². The van der Waals surface area contributed by atoms with Crippen molar-refractivity contribution >= 4 is 5.65 Å². The van der Waals surface area contributed by atoms with Crippen LogP contribution in [0, 0.1) is 0 Å². The second-order valence-corrected chi connectivity index (χ2v) is 2.23. The molecule has 2 heterocycles. The van der Waals surface area contributed by atoms with Gasteiger partial charge in [-0.05, 0) is 10.4 Å². The molecule has 13 heavy (non-hydrogen) atoms. The Bertz CT molecular complexity index is 426. The number of tetrazole rings is 1. The van der Waals surface area contributed by atoms with E-state index in [-0.39, 0.29) is 0 Å². The smallest absolute Gasteiger partial charge is 0.324 e. The van der Waals surface area contributed by atoms with Crippen molar-refractivity contribution < 1.29 is 9.47 Å². The van der Waals surface area contributed by atoms with Gasteiger partial charge in [-0.25, -0.2) is 0 Å². The molecule has 2 aromatic rings. The van der Waals surface area contributed by atoms with Crippen LogP contribution in [0.15, 0.2) is 6.07 Å². The van der Waals surface area contributed by atoms with Gasteiger partial charge in [-0.1, -0.05) is 0 Å². The fraction of sp³-hybridized carbons (Fsp3) is 0.333. The summed E-state index contributed by atoms with van der Waals surface area (Å²) in [5.41, 5.74) is 0.531. The number of nitrogens with zero attached hydrogens (tertiary/aromatic N) is 5. The second kappa shape index (κ2) is 2.85. The van der Waals surface area contributed by atoms with Crippen LogP contribution < -0.4 is 9.47 Å². The van der Waals surface area contributed by atoms with Gasteiger partial charge in [-0.3, -0.25) is 0 Å². The van der Waals surface area contributed by atoms with Crippen molar-refractivity contribution in [3.05, 3.63) is 6.07 Å². The summed E-state index contributed by atoms with van der Waals surface area (Å²) in [6.45, 7) is 0. The maximum absolute atomic E-state index is 4.96. The molecule has 0 saturated heterocycles. The Morgan fingerprint density at radius 1 is 1.31 bits per heavy atom. The monoisotopic (exact) mass is 181 g/mol. The highest BCUT2D eigenvalue weighted by molar-refractivity contribution is 5.40. The normalized spacial score (nSPS) is 10.3.